The monoisotopic (exact) mass is 486 g/mol. The molecule has 0 saturated heterocycles. The first kappa shape index (κ1) is 24.5. The SMILES string of the molecule is CCOc1cc2occ(-c3ccccc3OC)c2cc1/C(C)=C/C(=O)Nc1ccc([N+](=O)[O-])cc1C. The molecule has 0 unspecified atom stereocenters. The van der Waals surface area contributed by atoms with Crippen LogP contribution in [0, 0.1) is 17.0 Å². The zero-order chi connectivity index (χ0) is 25.8. The van der Waals surface area contributed by atoms with E-state index in [4.69, 9.17) is 13.9 Å². The number of ether oxygens (including phenoxy) is 2. The largest absolute Gasteiger partial charge is 0.496 e. The highest BCUT2D eigenvalue weighted by molar-refractivity contribution is 6.06. The zero-order valence-electron chi connectivity index (χ0n) is 20.5. The van der Waals surface area contributed by atoms with Crippen LogP contribution in [0.15, 0.2) is 71.4 Å². The van der Waals surface area contributed by atoms with Crippen molar-refractivity contribution in [2.45, 2.75) is 20.8 Å². The van der Waals surface area contributed by atoms with Crippen LogP contribution in [0.1, 0.15) is 25.0 Å². The van der Waals surface area contributed by atoms with Crippen LogP contribution in [0.25, 0.3) is 27.7 Å². The van der Waals surface area contributed by atoms with E-state index >= 15 is 0 Å². The Labute approximate surface area is 208 Å². The van der Waals surface area contributed by atoms with E-state index in [2.05, 4.69) is 5.32 Å². The molecule has 0 spiro atoms. The molecule has 0 bridgehead atoms. The van der Waals surface area contributed by atoms with Crippen LogP contribution in [0.5, 0.6) is 11.5 Å². The van der Waals surface area contributed by atoms with Gasteiger partial charge in [-0.3, -0.25) is 14.9 Å². The van der Waals surface area contributed by atoms with Gasteiger partial charge in [-0.1, -0.05) is 18.2 Å². The zero-order valence-corrected chi connectivity index (χ0v) is 20.5. The van der Waals surface area contributed by atoms with Crippen molar-refractivity contribution in [2.75, 3.05) is 19.0 Å². The minimum Gasteiger partial charge on any atom is -0.496 e. The number of amides is 1. The van der Waals surface area contributed by atoms with Crippen LogP contribution < -0.4 is 14.8 Å². The topological polar surface area (TPSA) is 104 Å². The van der Waals surface area contributed by atoms with Crippen molar-refractivity contribution in [1.82, 2.24) is 0 Å². The number of allylic oxidation sites excluding steroid dienone is 1. The van der Waals surface area contributed by atoms with Crippen molar-refractivity contribution in [2.24, 2.45) is 0 Å². The summed E-state index contributed by atoms with van der Waals surface area (Å²) in [6, 6.07) is 15.8. The first-order valence-corrected chi connectivity index (χ1v) is 11.4. The molecule has 0 atom stereocenters. The van der Waals surface area contributed by atoms with Gasteiger partial charge in [0.25, 0.3) is 5.69 Å². The minimum absolute atomic E-state index is 0.0298. The van der Waals surface area contributed by atoms with Crippen molar-refractivity contribution >= 4 is 33.8 Å². The van der Waals surface area contributed by atoms with Gasteiger partial charge in [0, 0.05) is 52.0 Å². The lowest BCUT2D eigenvalue weighted by Gasteiger charge is -2.12. The molecule has 4 rings (SSSR count). The summed E-state index contributed by atoms with van der Waals surface area (Å²) in [5.74, 6) is 0.962. The third kappa shape index (κ3) is 4.93. The Morgan fingerprint density at radius 1 is 1.11 bits per heavy atom. The molecule has 0 aliphatic carbocycles. The number of nitrogens with one attached hydrogen (secondary N) is 1. The molecule has 0 aliphatic rings. The normalized spacial score (nSPS) is 11.4. The van der Waals surface area contributed by atoms with Crippen LogP contribution in [0.2, 0.25) is 0 Å². The maximum Gasteiger partial charge on any atom is 0.269 e. The number of benzene rings is 3. The van der Waals surface area contributed by atoms with Crippen LogP contribution >= 0.6 is 0 Å². The highest BCUT2D eigenvalue weighted by atomic mass is 16.6. The number of non-ortho nitro benzene ring substituents is 1. The Kier molecular flexibility index (Phi) is 7.05. The Hall–Kier alpha value is -4.59. The van der Waals surface area contributed by atoms with Crippen molar-refractivity contribution in [3.63, 3.8) is 0 Å². The maximum absolute atomic E-state index is 12.8. The second-order valence-corrected chi connectivity index (χ2v) is 8.20. The molecule has 1 N–H and O–H groups in total. The fourth-order valence-corrected chi connectivity index (χ4v) is 4.06. The van der Waals surface area contributed by atoms with E-state index in [1.807, 2.05) is 50.2 Å². The second-order valence-electron chi connectivity index (χ2n) is 8.20. The fraction of sp³-hybridized carbons (Fsp3) is 0.179. The number of aryl methyl sites for hydroxylation is 1. The number of hydrogen-bond acceptors (Lipinski definition) is 6. The van der Waals surface area contributed by atoms with Crippen molar-refractivity contribution in [3.05, 3.63) is 88.2 Å². The van der Waals surface area contributed by atoms with Gasteiger partial charge in [-0.15, -0.1) is 0 Å². The average molecular weight is 487 g/mol. The number of methoxy groups -OCH3 is 1. The number of para-hydroxylation sites is 1. The van der Waals surface area contributed by atoms with Gasteiger partial charge in [0.2, 0.25) is 5.91 Å². The van der Waals surface area contributed by atoms with E-state index in [0.29, 0.717) is 34.8 Å². The Balaban J connectivity index is 1.72. The van der Waals surface area contributed by atoms with Crippen LogP contribution in [-0.2, 0) is 4.79 Å². The number of fused-ring (bicyclic) bond motifs is 1. The Bertz CT molecular complexity index is 1480. The molecular formula is C28H26N2O6. The number of carbonyl (C=O) groups is 1. The number of hydrogen-bond donors (Lipinski definition) is 1. The maximum atomic E-state index is 12.8. The predicted octanol–water partition coefficient (Wildman–Crippen LogP) is 6.77. The van der Waals surface area contributed by atoms with E-state index in [0.717, 1.165) is 27.8 Å². The number of furan rings is 1. The fourth-order valence-electron chi connectivity index (χ4n) is 4.06. The van der Waals surface area contributed by atoms with Gasteiger partial charge in [-0.2, -0.15) is 0 Å². The summed E-state index contributed by atoms with van der Waals surface area (Å²) in [6.45, 7) is 5.87. The van der Waals surface area contributed by atoms with Gasteiger partial charge in [0.05, 0.1) is 24.9 Å². The molecule has 1 aromatic heterocycles. The third-order valence-electron chi connectivity index (χ3n) is 5.82. The molecule has 0 aliphatic heterocycles. The first-order valence-electron chi connectivity index (χ1n) is 11.4. The number of nitrogens with zero attached hydrogens (tertiary/aromatic N) is 1. The second kappa shape index (κ2) is 10.4. The lowest BCUT2D eigenvalue weighted by atomic mass is 9.98. The van der Waals surface area contributed by atoms with E-state index in [9.17, 15) is 14.9 Å². The summed E-state index contributed by atoms with van der Waals surface area (Å²) in [5.41, 5.74) is 4.91. The minimum atomic E-state index is -0.469. The van der Waals surface area contributed by atoms with E-state index in [1.54, 1.807) is 20.3 Å². The first-order chi connectivity index (χ1) is 17.3. The molecule has 0 fully saturated rings. The number of anilines is 1. The molecule has 3 aromatic carbocycles. The molecule has 1 amide bonds. The van der Waals surface area contributed by atoms with E-state index in [-0.39, 0.29) is 11.6 Å². The smallest absolute Gasteiger partial charge is 0.269 e. The van der Waals surface area contributed by atoms with Gasteiger partial charge in [0.15, 0.2) is 0 Å². The van der Waals surface area contributed by atoms with Crippen molar-refractivity contribution in [3.8, 4) is 22.6 Å². The Morgan fingerprint density at radius 3 is 2.58 bits per heavy atom. The number of carbonyl (C=O) groups excluding carboxylic acids is 1. The average Bonchev–Trinajstić information content (AvgIpc) is 3.27. The molecule has 8 heteroatoms. The summed E-state index contributed by atoms with van der Waals surface area (Å²) in [6.07, 6.45) is 3.17. The van der Waals surface area contributed by atoms with Crippen LogP contribution in [0.3, 0.4) is 0 Å². The molecule has 0 saturated carbocycles. The summed E-state index contributed by atoms with van der Waals surface area (Å²) < 4.78 is 17.2. The predicted molar refractivity (Wildman–Crippen MR) is 139 cm³/mol. The summed E-state index contributed by atoms with van der Waals surface area (Å²) in [5, 5.41) is 14.6. The standard InChI is InChI=1S/C28H26N2O6/c1-5-35-26-15-27-22(23(16-36-27)20-8-6-7-9-25(20)34-4)14-21(26)17(2)13-28(31)29-24-11-10-19(30(32)33)12-18(24)3/h6-16H,5H2,1-4H3,(H,29,31)/b17-13+. The van der Waals surface area contributed by atoms with Crippen LogP contribution in [0.4, 0.5) is 11.4 Å². The van der Waals surface area contributed by atoms with E-state index in [1.165, 1.54) is 24.3 Å². The molecule has 8 nitrogen and oxygen atoms in total. The summed E-state index contributed by atoms with van der Waals surface area (Å²) in [7, 11) is 1.62. The molecule has 1 heterocycles. The third-order valence-corrected chi connectivity index (χ3v) is 5.82. The number of nitro benzene ring substituents is 1. The lowest BCUT2D eigenvalue weighted by Crippen LogP contribution is -2.10. The van der Waals surface area contributed by atoms with Gasteiger partial charge in [0.1, 0.15) is 17.1 Å². The van der Waals surface area contributed by atoms with E-state index < -0.39 is 4.92 Å². The van der Waals surface area contributed by atoms with Crippen molar-refractivity contribution < 1.29 is 23.6 Å². The summed E-state index contributed by atoms with van der Waals surface area (Å²) in [4.78, 5) is 23.3. The highest BCUT2D eigenvalue weighted by Crippen LogP contribution is 2.40. The molecule has 4 aromatic rings. The Morgan fingerprint density at radius 2 is 1.89 bits per heavy atom. The lowest BCUT2D eigenvalue weighted by molar-refractivity contribution is -0.384. The van der Waals surface area contributed by atoms with Gasteiger partial charge >= 0.3 is 0 Å². The number of rotatable bonds is 8. The van der Waals surface area contributed by atoms with Gasteiger partial charge in [-0.25, -0.2) is 0 Å². The molecule has 36 heavy (non-hydrogen) atoms. The van der Waals surface area contributed by atoms with Gasteiger partial charge < -0.3 is 19.2 Å². The van der Waals surface area contributed by atoms with Crippen molar-refractivity contribution in [1.29, 1.82) is 0 Å². The number of nitro groups is 1. The summed E-state index contributed by atoms with van der Waals surface area (Å²) >= 11 is 0. The van der Waals surface area contributed by atoms with Gasteiger partial charge in [-0.05, 0) is 50.1 Å². The highest BCUT2D eigenvalue weighted by Gasteiger charge is 2.17. The molecular weight excluding hydrogens is 460 g/mol. The molecule has 184 valence electrons. The van der Waals surface area contributed by atoms with Crippen LogP contribution in [-0.4, -0.2) is 24.5 Å². The quantitative estimate of drug-likeness (QED) is 0.167. The molecule has 0 radical (unpaired) electrons.